The van der Waals surface area contributed by atoms with Gasteiger partial charge >= 0.3 is 0 Å². The standard InChI is InChI=1S/C41H26NOPS2/c43-44(30-10-3-1-4-11-30,31-12-5-2-6-13-31)36-15-9-23-42-41(36)29-19-22-40-35(26-29)34-25-28(18-21-39(34)46-40)27-17-20-38-33(24-27)32-14-7-8-16-37(32)45-38/h1-26H. The van der Waals surface area contributed by atoms with E-state index in [0.717, 1.165) is 27.2 Å². The fourth-order valence-corrected chi connectivity index (χ4v) is 11.6. The Morgan fingerprint density at radius 1 is 0.435 bits per heavy atom. The molecule has 0 fully saturated rings. The zero-order chi connectivity index (χ0) is 30.7. The molecule has 2 nitrogen and oxygen atoms in total. The van der Waals surface area contributed by atoms with Crippen LogP contribution in [0, 0.1) is 0 Å². The summed E-state index contributed by atoms with van der Waals surface area (Å²) in [6.45, 7) is 0. The van der Waals surface area contributed by atoms with E-state index in [1.807, 2.05) is 84.1 Å². The average Bonchev–Trinajstić information content (AvgIpc) is 3.69. The highest BCUT2D eigenvalue weighted by Gasteiger charge is 2.32. The highest BCUT2D eigenvalue weighted by Crippen LogP contribution is 2.46. The molecule has 0 saturated carbocycles. The molecule has 218 valence electrons. The molecule has 5 heteroatoms. The minimum atomic E-state index is -3.21. The molecule has 3 aromatic heterocycles. The molecule has 0 aliphatic rings. The Bertz CT molecular complexity index is 2580. The van der Waals surface area contributed by atoms with Crippen LogP contribution < -0.4 is 15.9 Å². The molecule has 9 rings (SSSR count). The fraction of sp³-hybridized carbons (Fsp3) is 0. The predicted molar refractivity (Wildman–Crippen MR) is 200 cm³/mol. The lowest BCUT2D eigenvalue weighted by molar-refractivity contribution is 0.592. The molecule has 6 aromatic carbocycles. The maximum atomic E-state index is 15.4. The monoisotopic (exact) mass is 643 g/mol. The van der Waals surface area contributed by atoms with E-state index >= 15 is 4.57 Å². The molecule has 0 bridgehead atoms. The van der Waals surface area contributed by atoms with Gasteiger partial charge in [-0.1, -0.05) is 97.1 Å². The third kappa shape index (κ3) is 4.37. The Labute approximate surface area is 274 Å². The minimum Gasteiger partial charge on any atom is -0.309 e. The average molecular weight is 644 g/mol. The van der Waals surface area contributed by atoms with Crippen molar-refractivity contribution in [3.8, 4) is 22.4 Å². The summed E-state index contributed by atoms with van der Waals surface area (Å²) in [4.78, 5) is 4.88. The molecule has 0 unspecified atom stereocenters. The quantitative estimate of drug-likeness (QED) is 0.175. The maximum Gasteiger partial charge on any atom is 0.173 e. The molecule has 9 aromatic rings. The van der Waals surface area contributed by atoms with Gasteiger partial charge in [0.25, 0.3) is 0 Å². The second-order valence-corrected chi connectivity index (χ2v) is 16.4. The van der Waals surface area contributed by atoms with Gasteiger partial charge in [0.1, 0.15) is 0 Å². The van der Waals surface area contributed by atoms with Crippen molar-refractivity contribution in [2.24, 2.45) is 0 Å². The summed E-state index contributed by atoms with van der Waals surface area (Å²) in [6, 6.07) is 52.4. The largest absolute Gasteiger partial charge is 0.309 e. The van der Waals surface area contributed by atoms with E-state index in [2.05, 4.69) is 78.9 Å². The molecule has 0 radical (unpaired) electrons. The molecule has 46 heavy (non-hydrogen) atoms. The van der Waals surface area contributed by atoms with Crippen LogP contribution in [-0.2, 0) is 4.57 Å². The van der Waals surface area contributed by atoms with E-state index in [0.29, 0.717) is 0 Å². The summed E-state index contributed by atoms with van der Waals surface area (Å²) in [5.74, 6) is 0. The number of nitrogens with zero attached hydrogens (tertiary/aromatic N) is 1. The minimum absolute atomic E-state index is 0.753. The summed E-state index contributed by atoms with van der Waals surface area (Å²) in [7, 11) is -3.21. The van der Waals surface area contributed by atoms with E-state index in [9.17, 15) is 0 Å². The lowest BCUT2D eigenvalue weighted by atomic mass is 10.00. The first-order valence-electron chi connectivity index (χ1n) is 15.2. The van der Waals surface area contributed by atoms with Crippen molar-refractivity contribution in [1.29, 1.82) is 0 Å². The second kappa shape index (κ2) is 10.9. The van der Waals surface area contributed by atoms with Gasteiger partial charge in [0.05, 0.1) is 5.69 Å². The Hall–Kier alpha value is -4.86. The van der Waals surface area contributed by atoms with E-state index in [-0.39, 0.29) is 0 Å². The van der Waals surface area contributed by atoms with E-state index < -0.39 is 7.14 Å². The van der Waals surface area contributed by atoms with Gasteiger partial charge in [-0.15, -0.1) is 22.7 Å². The highest BCUT2D eigenvalue weighted by molar-refractivity contribution is 7.85. The van der Waals surface area contributed by atoms with Crippen LogP contribution in [0.3, 0.4) is 0 Å². The van der Waals surface area contributed by atoms with Crippen LogP contribution in [0.5, 0.6) is 0 Å². The Kier molecular flexibility index (Phi) is 6.50. The Balaban J connectivity index is 1.21. The van der Waals surface area contributed by atoms with Crippen LogP contribution in [0.4, 0.5) is 0 Å². The van der Waals surface area contributed by atoms with Crippen LogP contribution in [0.1, 0.15) is 0 Å². The number of benzene rings is 6. The lowest BCUT2D eigenvalue weighted by Crippen LogP contribution is -2.26. The molecule has 0 saturated heterocycles. The molecule has 0 N–H and O–H groups in total. The zero-order valence-corrected chi connectivity index (χ0v) is 27.2. The summed E-state index contributed by atoms with van der Waals surface area (Å²) in [6.07, 6.45) is 1.80. The van der Waals surface area contributed by atoms with Gasteiger partial charge in [-0.2, -0.15) is 0 Å². The summed E-state index contributed by atoms with van der Waals surface area (Å²) >= 11 is 3.65. The smallest absolute Gasteiger partial charge is 0.173 e. The third-order valence-electron chi connectivity index (χ3n) is 8.82. The number of fused-ring (bicyclic) bond motifs is 6. The van der Waals surface area contributed by atoms with Crippen LogP contribution >= 0.6 is 29.8 Å². The van der Waals surface area contributed by atoms with Gasteiger partial charge in [0.15, 0.2) is 7.14 Å². The molecule has 0 atom stereocenters. The molecule has 0 amide bonds. The first-order valence-corrected chi connectivity index (χ1v) is 18.6. The fourth-order valence-electron chi connectivity index (χ4n) is 6.59. The van der Waals surface area contributed by atoms with E-state index in [1.165, 1.54) is 51.5 Å². The van der Waals surface area contributed by atoms with Gasteiger partial charge in [0.2, 0.25) is 0 Å². The molecular formula is C41H26NOPS2. The van der Waals surface area contributed by atoms with Crippen molar-refractivity contribution < 1.29 is 4.57 Å². The van der Waals surface area contributed by atoms with Gasteiger partial charge < -0.3 is 4.57 Å². The molecular weight excluding hydrogens is 618 g/mol. The summed E-state index contributed by atoms with van der Waals surface area (Å²) in [5.41, 5.74) is 4.13. The number of aromatic nitrogens is 1. The molecule has 0 aliphatic heterocycles. The number of pyridine rings is 1. The van der Waals surface area contributed by atoms with Crippen molar-refractivity contribution in [3.63, 3.8) is 0 Å². The number of hydrogen-bond acceptors (Lipinski definition) is 4. The van der Waals surface area contributed by atoms with Crippen LogP contribution in [0.15, 0.2) is 158 Å². The van der Waals surface area contributed by atoms with Gasteiger partial charge in [-0.05, 0) is 65.7 Å². The number of rotatable bonds is 5. The highest BCUT2D eigenvalue weighted by atomic mass is 32.1. The molecule has 3 heterocycles. The first kappa shape index (κ1) is 27.5. The normalized spacial score (nSPS) is 12.0. The molecule has 0 spiro atoms. The van der Waals surface area contributed by atoms with Crippen molar-refractivity contribution in [2.75, 3.05) is 0 Å². The predicted octanol–water partition coefficient (Wildman–Crippen LogP) is 10.8. The SMILES string of the molecule is O=P(c1ccccc1)(c1ccccc1)c1cccnc1-c1ccc2sc3ccc(-c4ccc5sc6ccccc6c5c4)cc3c2c1. The van der Waals surface area contributed by atoms with E-state index in [1.54, 1.807) is 17.5 Å². The third-order valence-corrected chi connectivity index (χ3v) is 14.2. The maximum absolute atomic E-state index is 15.4. The number of hydrogen-bond donors (Lipinski definition) is 0. The summed E-state index contributed by atoms with van der Waals surface area (Å²) in [5, 5.41) is 7.39. The van der Waals surface area contributed by atoms with Crippen molar-refractivity contribution in [3.05, 3.63) is 158 Å². The Morgan fingerprint density at radius 2 is 0.913 bits per heavy atom. The van der Waals surface area contributed by atoms with Gasteiger partial charge in [-0.3, -0.25) is 4.98 Å². The Morgan fingerprint density at radius 3 is 1.52 bits per heavy atom. The first-order chi connectivity index (χ1) is 22.7. The van der Waals surface area contributed by atoms with Gasteiger partial charge in [0, 0.05) is 68.0 Å². The molecule has 0 aliphatic carbocycles. The van der Waals surface area contributed by atoms with E-state index in [4.69, 9.17) is 4.98 Å². The van der Waals surface area contributed by atoms with Crippen LogP contribution in [0.25, 0.3) is 62.7 Å². The second-order valence-electron chi connectivity index (χ2n) is 11.5. The van der Waals surface area contributed by atoms with Crippen molar-refractivity contribution in [2.45, 2.75) is 0 Å². The zero-order valence-electron chi connectivity index (χ0n) is 24.6. The van der Waals surface area contributed by atoms with Crippen LogP contribution in [0.2, 0.25) is 0 Å². The topological polar surface area (TPSA) is 30.0 Å². The number of thiophene rings is 2. The lowest BCUT2D eigenvalue weighted by Gasteiger charge is -2.22. The summed E-state index contributed by atoms with van der Waals surface area (Å²) < 4.78 is 20.5. The van der Waals surface area contributed by atoms with Crippen molar-refractivity contribution in [1.82, 2.24) is 4.98 Å². The van der Waals surface area contributed by atoms with Crippen LogP contribution in [-0.4, -0.2) is 4.98 Å². The van der Waals surface area contributed by atoms with Gasteiger partial charge in [-0.25, -0.2) is 0 Å². The van der Waals surface area contributed by atoms with Crippen molar-refractivity contribution >= 4 is 86.1 Å².